The lowest BCUT2D eigenvalue weighted by Gasteiger charge is -2.21. The minimum atomic E-state index is -0.550. The van der Waals surface area contributed by atoms with Crippen molar-refractivity contribution in [2.75, 3.05) is 6.61 Å². The Morgan fingerprint density at radius 3 is 2.19 bits per heavy atom. The number of ether oxygens (including phenoxy) is 3. The molecule has 1 N–H and O–H groups in total. The number of hydrogen-bond donors (Lipinski definition) is 1. The zero-order chi connectivity index (χ0) is 14.5. The summed E-state index contributed by atoms with van der Waals surface area (Å²) in [4.78, 5) is 0. The lowest BCUT2D eigenvalue weighted by atomic mass is 10.3. The normalized spacial score (nSPS) is 21.0. The van der Waals surface area contributed by atoms with Crippen molar-refractivity contribution < 1.29 is 19.3 Å². The number of benzene rings is 2. The predicted octanol–water partition coefficient (Wildman–Crippen LogP) is 3.13. The number of aliphatic hydroxyl groups is 1. The van der Waals surface area contributed by atoms with Crippen molar-refractivity contribution >= 4 is 0 Å². The van der Waals surface area contributed by atoms with E-state index in [0.717, 1.165) is 11.5 Å². The molecule has 0 fully saturated rings. The van der Waals surface area contributed by atoms with Crippen LogP contribution in [0.15, 0.2) is 66.7 Å². The Hall–Kier alpha value is -2.30. The highest BCUT2D eigenvalue weighted by Gasteiger charge is 2.15. The maximum absolute atomic E-state index is 9.29. The zero-order valence-corrected chi connectivity index (χ0v) is 11.4. The number of rotatable bonds is 4. The first-order valence-electron chi connectivity index (χ1n) is 6.77. The van der Waals surface area contributed by atoms with E-state index < -0.39 is 12.4 Å². The molecule has 0 radical (unpaired) electrons. The molecular weight excluding hydrogens is 268 g/mol. The van der Waals surface area contributed by atoms with E-state index in [4.69, 9.17) is 14.2 Å². The van der Waals surface area contributed by atoms with E-state index in [2.05, 4.69) is 0 Å². The van der Waals surface area contributed by atoms with Gasteiger partial charge in [-0.2, -0.15) is 0 Å². The molecule has 4 heteroatoms. The van der Waals surface area contributed by atoms with Crippen molar-refractivity contribution in [3.63, 3.8) is 0 Å². The van der Waals surface area contributed by atoms with Gasteiger partial charge in [0, 0.05) is 0 Å². The van der Waals surface area contributed by atoms with Gasteiger partial charge in [-0.05, 0) is 42.5 Å². The average molecular weight is 284 g/mol. The van der Waals surface area contributed by atoms with Crippen LogP contribution in [0, 0.1) is 0 Å². The molecule has 21 heavy (non-hydrogen) atoms. The first-order valence-corrected chi connectivity index (χ1v) is 6.77. The van der Waals surface area contributed by atoms with Gasteiger partial charge in [0.15, 0.2) is 0 Å². The molecule has 0 unspecified atom stereocenters. The minimum absolute atomic E-state index is 0.246. The molecular formula is C17H16O4. The second-order valence-corrected chi connectivity index (χ2v) is 4.66. The lowest BCUT2D eigenvalue weighted by Crippen LogP contribution is -2.28. The third-order valence-corrected chi connectivity index (χ3v) is 2.98. The van der Waals surface area contributed by atoms with Crippen LogP contribution in [0.1, 0.15) is 0 Å². The summed E-state index contributed by atoms with van der Waals surface area (Å²) in [5.74, 6) is 2.21. The summed E-state index contributed by atoms with van der Waals surface area (Å²) in [5.41, 5.74) is 0. The maximum atomic E-state index is 9.29. The molecule has 2 aromatic carbocycles. The summed E-state index contributed by atoms with van der Waals surface area (Å²) >= 11 is 0. The largest absolute Gasteiger partial charge is 0.461 e. The highest BCUT2D eigenvalue weighted by Crippen LogP contribution is 2.24. The van der Waals surface area contributed by atoms with Crippen molar-refractivity contribution in [1.29, 1.82) is 0 Å². The van der Waals surface area contributed by atoms with Crippen LogP contribution in [0.25, 0.3) is 0 Å². The summed E-state index contributed by atoms with van der Waals surface area (Å²) in [6, 6.07) is 16.9. The smallest absolute Gasteiger partial charge is 0.219 e. The summed E-state index contributed by atoms with van der Waals surface area (Å²) in [6.45, 7) is 0.246. The molecule has 0 aliphatic carbocycles. The molecule has 1 heterocycles. The first kappa shape index (κ1) is 13.7. The van der Waals surface area contributed by atoms with Crippen molar-refractivity contribution in [3.8, 4) is 17.2 Å². The van der Waals surface area contributed by atoms with Gasteiger partial charge in [0.25, 0.3) is 0 Å². The van der Waals surface area contributed by atoms with Crippen LogP contribution < -0.4 is 9.47 Å². The molecule has 108 valence electrons. The van der Waals surface area contributed by atoms with E-state index in [1.165, 1.54) is 0 Å². The highest BCUT2D eigenvalue weighted by molar-refractivity contribution is 5.35. The van der Waals surface area contributed by atoms with E-state index in [1.54, 1.807) is 12.2 Å². The fourth-order valence-corrected chi connectivity index (χ4v) is 1.94. The van der Waals surface area contributed by atoms with E-state index in [0.29, 0.717) is 5.75 Å². The second kappa shape index (κ2) is 6.43. The van der Waals surface area contributed by atoms with Crippen molar-refractivity contribution in [2.24, 2.45) is 0 Å². The molecule has 1 aliphatic heterocycles. The van der Waals surface area contributed by atoms with Crippen LogP contribution in [0.3, 0.4) is 0 Å². The molecule has 0 bridgehead atoms. The van der Waals surface area contributed by atoms with E-state index >= 15 is 0 Å². The quantitative estimate of drug-likeness (QED) is 0.876. The van der Waals surface area contributed by atoms with Crippen molar-refractivity contribution in [3.05, 3.63) is 66.7 Å². The van der Waals surface area contributed by atoms with Gasteiger partial charge in [-0.15, -0.1) is 0 Å². The SMILES string of the molecule is O[C@@H]1C=C[C@@H](Oc2ccc(Oc3ccccc3)cc2)OC1. The monoisotopic (exact) mass is 284 g/mol. The molecule has 4 nitrogen and oxygen atoms in total. The molecule has 0 saturated heterocycles. The van der Waals surface area contributed by atoms with Crippen LogP contribution in [0.5, 0.6) is 17.2 Å². The van der Waals surface area contributed by atoms with Gasteiger partial charge in [-0.25, -0.2) is 0 Å². The Balaban J connectivity index is 1.60. The molecule has 0 aromatic heterocycles. The molecule has 0 saturated carbocycles. The first-order chi connectivity index (χ1) is 10.3. The van der Waals surface area contributed by atoms with Gasteiger partial charge in [-0.3, -0.25) is 0 Å². The fourth-order valence-electron chi connectivity index (χ4n) is 1.94. The number of aliphatic hydroxyl groups excluding tert-OH is 1. The summed E-state index contributed by atoms with van der Waals surface area (Å²) in [7, 11) is 0. The molecule has 1 aliphatic rings. The molecule has 0 spiro atoms. The third kappa shape index (κ3) is 3.84. The lowest BCUT2D eigenvalue weighted by molar-refractivity contribution is -0.0789. The highest BCUT2D eigenvalue weighted by atomic mass is 16.7. The Morgan fingerprint density at radius 2 is 1.52 bits per heavy atom. The molecule has 2 atom stereocenters. The molecule has 0 amide bonds. The molecule has 2 aromatic rings. The van der Waals surface area contributed by atoms with Gasteiger partial charge in [0.05, 0.1) is 12.7 Å². The number of para-hydroxylation sites is 1. The second-order valence-electron chi connectivity index (χ2n) is 4.66. The topological polar surface area (TPSA) is 47.9 Å². The predicted molar refractivity (Wildman–Crippen MR) is 78.5 cm³/mol. The average Bonchev–Trinajstić information content (AvgIpc) is 2.53. The van der Waals surface area contributed by atoms with Gasteiger partial charge in [0.1, 0.15) is 17.2 Å². The fraction of sp³-hybridized carbons (Fsp3) is 0.176. The summed E-state index contributed by atoms with van der Waals surface area (Å²) < 4.78 is 16.7. The Labute approximate surface area is 123 Å². The third-order valence-electron chi connectivity index (χ3n) is 2.98. The summed E-state index contributed by atoms with van der Waals surface area (Å²) in [5, 5.41) is 9.29. The minimum Gasteiger partial charge on any atom is -0.461 e. The number of hydrogen-bond acceptors (Lipinski definition) is 4. The summed E-state index contributed by atoms with van der Waals surface area (Å²) in [6.07, 6.45) is 2.35. The van der Waals surface area contributed by atoms with Gasteiger partial charge in [-0.1, -0.05) is 24.3 Å². The van der Waals surface area contributed by atoms with E-state index in [-0.39, 0.29) is 6.61 Å². The zero-order valence-electron chi connectivity index (χ0n) is 11.4. The van der Waals surface area contributed by atoms with Crippen LogP contribution in [-0.2, 0) is 4.74 Å². The maximum Gasteiger partial charge on any atom is 0.219 e. The Bertz CT molecular complexity index is 592. The standard InChI is InChI=1S/C17H16O4/c18-13-6-11-17(19-12-13)21-16-9-7-15(8-10-16)20-14-4-2-1-3-5-14/h1-11,13,17-18H,12H2/t13-,17-/m1/s1. The van der Waals surface area contributed by atoms with Gasteiger partial charge < -0.3 is 19.3 Å². The van der Waals surface area contributed by atoms with Crippen LogP contribution in [0.2, 0.25) is 0 Å². The van der Waals surface area contributed by atoms with Crippen LogP contribution in [0.4, 0.5) is 0 Å². The van der Waals surface area contributed by atoms with Gasteiger partial charge >= 0.3 is 0 Å². The van der Waals surface area contributed by atoms with E-state index in [9.17, 15) is 5.11 Å². The Kier molecular flexibility index (Phi) is 4.19. The Morgan fingerprint density at radius 1 is 0.857 bits per heavy atom. The van der Waals surface area contributed by atoms with Crippen LogP contribution in [-0.4, -0.2) is 24.1 Å². The molecule has 3 rings (SSSR count). The van der Waals surface area contributed by atoms with Crippen LogP contribution >= 0.6 is 0 Å². The van der Waals surface area contributed by atoms with Gasteiger partial charge in [0.2, 0.25) is 6.29 Å². The van der Waals surface area contributed by atoms with E-state index in [1.807, 2.05) is 54.6 Å². The van der Waals surface area contributed by atoms with Crippen molar-refractivity contribution in [2.45, 2.75) is 12.4 Å². The van der Waals surface area contributed by atoms with Crippen molar-refractivity contribution in [1.82, 2.24) is 0 Å².